The summed E-state index contributed by atoms with van der Waals surface area (Å²) in [6.45, 7) is 50.7. The summed E-state index contributed by atoms with van der Waals surface area (Å²) in [7, 11) is 0. The maximum Gasteiger partial charge on any atom is 0.338 e. The maximum atomic E-state index is 14.2. The van der Waals surface area contributed by atoms with Crippen molar-refractivity contribution in [1.82, 2.24) is 0 Å². The summed E-state index contributed by atoms with van der Waals surface area (Å²) < 4.78 is 116. The number of rotatable bonds is 36. The molecule has 0 amide bonds. The Hall–Kier alpha value is -19.1. The number of hydrogen-bond donors (Lipinski definition) is 0. The fourth-order valence-corrected chi connectivity index (χ4v) is 11.7. The molecule has 0 atom stereocenters. The summed E-state index contributed by atoms with van der Waals surface area (Å²) in [5, 5.41) is 0. The van der Waals surface area contributed by atoms with E-state index in [1.165, 1.54) is 50.2 Å². The lowest BCUT2D eigenvalue weighted by molar-refractivity contribution is -0.141. The summed E-state index contributed by atoms with van der Waals surface area (Å²) in [6.07, 6.45) is 6.40. The zero-order valence-corrected chi connectivity index (χ0v) is 81.9. The number of halogens is 4. The van der Waals surface area contributed by atoms with Gasteiger partial charge in [0.2, 0.25) is 0 Å². The van der Waals surface area contributed by atoms with E-state index in [4.69, 9.17) is 56.8 Å². The van der Waals surface area contributed by atoms with Crippen molar-refractivity contribution in [3.8, 4) is 101 Å². The number of carbonyl (C=O) groups excluding carboxylic acids is 12. The second-order valence-corrected chi connectivity index (χ2v) is 31.7. The van der Waals surface area contributed by atoms with E-state index in [2.05, 4.69) is 78.9 Å². The van der Waals surface area contributed by atoms with E-state index in [0.29, 0.717) is 67.5 Å². The third kappa shape index (κ3) is 39.1. The molecule has 12 rings (SSSR count). The molecule has 0 saturated heterocycles. The summed E-state index contributed by atoms with van der Waals surface area (Å²) in [5.74, 6) is -7.20. The Morgan fingerprint density at radius 3 is 0.642 bits per heavy atom. The Morgan fingerprint density at radius 2 is 0.392 bits per heavy atom. The zero-order valence-electron chi connectivity index (χ0n) is 81.9. The second-order valence-electron chi connectivity index (χ2n) is 31.7. The predicted octanol–water partition coefficient (Wildman–Crippen LogP) is 24.9. The zero-order chi connectivity index (χ0) is 109. The molecule has 0 radical (unpaired) electrons. The van der Waals surface area contributed by atoms with Gasteiger partial charge in [0.15, 0.2) is 23.1 Å². The van der Waals surface area contributed by atoms with Gasteiger partial charge in [-0.1, -0.05) is 261 Å². The van der Waals surface area contributed by atoms with E-state index in [0.717, 1.165) is 103 Å². The lowest BCUT2D eigenvalue weighted by Crippen LogP contribution is -2.09. The van der Waals surface area contributed by atoms with E-state index in [9.17, 15) is 75.1 Å². The summed E-state index contributed by atoms with van der Waals surface area (Å²) in [6, 6.07) is 75.1. The molecule has 0 aliphatic heterocycles. The van der Waals surface area contributed by atoms with Crippen LogP contribution in [0, 0.1) is 23.3 Å². The molecule has 24 nitrogen and oxygen atoms in total. The first-order valence-corrected chi connectivity index (χ1v) is 44.6. The van der Waals surface area contributed by atoms with Crippen LogP contribution >= 0.6 is 0 Å². The van der Waals surface area contributed by atoms with Gasteiger partial charge in [0.1, 0.15) is 74.3 Å². The molecule has 0 aromatic heterocycles. The van der Waals surface area contributed by atoms with Crippen LogP contribution in [0.15, 0.2) is 416 Å². The molecule has 0 fully saturated rings. The van der Waals surface area contributed by atoms with Crippen molar-refractivity contribution in [2.75, 3.05) is 0 Å². The van der Waals surface area contributed by atoms with Crippen LogP contribution in [0.4, 0.5) is 17.6 Å². The average molecular weight is 2010 g/mol. The normalized spacial score (nSPS) is 9.96. The molecule has 0 aliphatic carbocycles. The van der Waals surface area contributed by atoms with E-state index < -0.39 is 94.9 Å². The number of hydrogen-bond acceptors (Lipinski definition) is 24. The standard InChI is InChI=1S/2C21H19FO4.C21H20O4.2C19H15FO4.C19H16O4/c1-13(2)20(23)25-12-15-5-7-16(8-6-15)17-9-10-19(18(22)11-17)26-21(24)14(3)4;1-13(2)20(23)25-12-17-6-5-16(11-19(17)22)15-7-9-18(10-8-15)26-21(24)14(3)4;1-14(2)20(22)24-13-16-5-7-17(8-6-16)18-9-11-19(12-10-18)25-21(23)15(3)4;1-3-18(21)23-12-13-5-7-14(8-6-13)15-9-10-17(16(20)11-15)24-19(22)4-2;1-3-18(21)23-12-15-6-5-14(11-17(15)20)13-7-9-16(10-8-13)24-19(22)4-2;1-3-18(20)22-13-14-5-7-15(8-6-14)16-9-11-17(12-10-16)23-19(21)4-2/h2*5-11H,1,3,12H2,2,4H3;5-12H,1,3,13H2,2,4H3;2*3-11H,1-2,12H2;3-12H,1-2,13H2. The number of esters is 12. The molecular weight excluding hydrogens is 1900 g/mol. The number of ether oxygens (including phenoxy) is 12. The van der Waals surface area contributed by atoms with Crippen molar-refractivity contribution in [2.45, 2.75) is 81.2 Å². The van der Waals surface area contributed by atoms with E-state index >= 15 is 0 Å². The highest BCUT2D eigenvalue weighted by Crippen LogP contribution is 2.33. The average Bonchev–Trinajstić information content (AvgIpc) is 0.840. The van der Waals surface area contributed by atoms with E-state index in [1.54, 1.807) is 185 Å². The van der Waals surface area contributed by atoms with Crippen LogP contribution < -0.4 is 28.4 Å². The molecule has 0 N–H and O–H groups in total. The molecule has 12 aromatic rings. The minimum Gasteiger partial charge on any atom is -0.458 e. The Morgan fingerprint density at radius 1 is 0.203 bits per heavy atom. The fraction of sp³-hybridized carbons (Fsp3) is 0.100. The third-order valence-electron chi connectivity index (χ3n) is 19.8. The molecule has 0 spiro atoms. The van der Waals surface area contributed by atoms with Crippen molar-refractivity contribution in [3.05, 3.63) is 472 Å². The molecular formula is C120H104F4O24. The number of carbonyl (C=O) groups is 12. The van der Waals surface area contributed by atoms with Crippen LogP contribution in [0.3, 0.4) is 0 Å². The van der Waals surface area contributed by atoms with Gasteiger partial charge in [0.25, 0.3) is 0 Å². The van der Waals surface area contributed by atoms with Crippen LogP contribution in [-0.4, -0.2) is 71.6 Å². The van der Waals surface area contributed by atoms with Crippen molar-refractivity contribution < 1.29 is 132 Å². The molecule has 0 aliphatic rings. The van der Waals surface area contributed by atoms with Crippen molar-refractivity contribution in [1.29, 1.82) is 0 Å². The summed E-state index contributed by atoms with van der Waals surface area (Å²) in [4.78, 5) is 135. The van der Waals surface area contributed by atoms with Crippen LogP contribution in [0.2, 0.25) is 0 Å². The van der Waals surface area contributed by atoms with Gasteiger partial charge < -0.3 is 56.8 Å². The smallest absolute Gasteiger partial charge is 0.338 e. The quantitative estimate of drug-likeness (QED) is 0.0116. The Kier molecular flexibility index (Phi) is 46.1. The largest absolute Gasteiger partial charge is 0.458 e. The van der Waals surface area contributed by atoms with Crippen LogP contribution in [0.25, 0.3) is 66.8 Å². The van der Waals surface area contributed by atoms with Gasteiger partial charge in [0.05, 0.1) is 0 Å². The van der Waals surface area contributed by atoms with Gasteiger partial charge in [-0.25, -0.2) is 75.1 Å². The summed E-state index contributed by atoms with van der Waals surface area (Å²) >= 11 is 0. The molecule has 0 heterocycles. The van der Waals surface area contributed by atoms with E-state index in [1.807, 2.05) is 72.8 Å². The third-order valence-corrected chi connectivity index (χ3v) is 19.8. The molecule has 0 bridgehead atoms. The minimum atomic E-state index is -0.722. The Balaban J connectivity index is 0.000000240. The van der Waals surface area contributed by atoms with Gasteiger partial charge in [0, 0.05) is 81.0 Å². The SMILES string of the molecule is C=C(C)C(=O)OCc1ccc(-c2ccc(OC(=O)C(=C)C)c(F)c2)cc1.C=C(C)C(=O)OCc1ccc(-c2ccc(OC(=O)C(=C)C)cc2)cc1.C=C(C)C(=O)OCc1ccc(-c2ccc(OC(=O)C(=C)C)cc2)cc1F.C=CC(=O)OCc1ccc(-c2ccc(OC(=O)C=C)c(F)c2)cc1.C=CC(=O)OCc1ccc(-c2ccc(OC(=O)C=C)cc2)cc1.C=CC(=O)OCc1ccc(-c2ccc(OC(=O)C=C)cc2)cc1F. The molecule has 0 saturated carbocycles. The highest BCUT2D eigenvalue weighted by Gasteiger charge is 2.19. The van der Waals surface area contributed by atoms with Gasteiger partial charge in [-0.2, -0.15) is 0 Å². The first-order valence-electron chi connectivity index (χ1n) is 44.6. The highest BCUT2D eigenvalue weighted by molar-refractivity contribution is 5.92. The Labute approximate surface area is 853 Å². The Bertz CT molecular complexity index is 6960. The maximum absolute atomic E-state index is 14.2. The minimum absolute atomic E-state index is 0.135. The predicted molar refractivity (Wildman–Crippen MR) is 554 cm³/mol. The van der Waals surface area contributed by atoms with E-state index in [-0.39, 0.29) is 73.4 Å². The lowest BCUT2D eigenvalue weighted by atomic mass is 10.0. The first kappa shape index (κ1) is 116. The summed E-state index contributed by atoms with van der Waals surface area (Å²) in [5.41, 5.74) is 15.3. The highest BCUT2D eigenvalue weighted by atomic mass is 19.1. The van der Waals surface area contributed by atoms with Crippen LogP contribution in [-0.2, 0) is 126 Å². The van der Waals surface area contributed by atoms with Gasteiger partial charge in [-0.05, 0) is 215 Å². The second kappa shape index (κ2) is 58.9. The van der Waals surface area contributed by atoms with Crippen molar-refractivity contribution in [3.63, 3.8) is 0 Å². The van der Waals surface area contributed by atoms with Gasteiger partial charge >= 0.3 is 71.6 Å². The van der Waals surface area contributed by atoms with Gasteiger partial charge in [-0.15, -0.1) is 0 Å². The van der Waals surface area contributed by atoms with Crippen LogP contribution in [0.1, 0.15) is 74.9 Å². The molecule has 148 heavy (non-hydrogen) atoms. The van der Waals surface area contributed by atoms with Crippen molar-refractivity contribution >= 4 is 71.6 Å². The molecule has 28 heteroatoms. The topological polar surface area (TPSA) is 316 Å². The first-order chi connectivity index (χ1) is 70.6. The van der Waals surface area contributed by atoms with Crippen LogP contribution in [0.5, 0.6) is 34.5 Å². The monoisotopic (exact) mass is 2000 g/mol. The molecule has 756 valence electrons. The van der Waals surface area contributed by atoms with Crippen molar-refractivity contribution in [2.24, 2.45) is 0 Å². The number of benzene rings is 12. The molecule has 0 unspecified atom stereocenters. The molecule has 12 aromatic carbocycles. The van der Waals surface area contributed by atoms with Gasteiger partial charge in [-0.3, -0.25) is 0 Å². The fourth-order valence-electron chi connectivity index (χ4n) is 11.7. The lowest BCUT2D eigenvalue weighted by Gasteiger charge is -2.09.